The van der Waals surface area contributed by atoms with Crippen LogP contribution in [0.5, 0.6) is 0 Å². The molecule has 35 heavy (non-hydrogen) atoms. The number of rotatable bonds is 3. The number of piperidine rings is 2. The molecule has 2 bridgehead atoms. The third-order valence-electron chi connectivity index (χ3n) is 9.84. The first kappa shape index (κ1) is 24.1. The zero-order chi connectivity index (χ0) is 25.0. The minimum atomic E-state index is -1.02. The maximum atomic E-state index is 13.6. The van der Waals surface area contributed by atoms with Gasteiger partial charge in [0.25, 0.3) is 5.91 Å². The van der Waals surface area contributed by atoms with Crippen LogP contribution in [0.4, 0.5) is 14.9 Å². The van der Waals surface area contributed by atoms with E-state index in [0.717, 1.165) is 25.7 Å². The van der Waals surface area contributed by atoms with Gasteiger partial charge < -0.3 is 19.9 Å². The average molecular weight is 486 g/mol. The Morgan fingerprint density at radius 3 is 1.94 bits per heavy atom. The fourth-order valence-corrected chi connectivity index (χ4v) is 6.86. The maximum absolute atomic E-state index is 13.6. The Morgan fingerprint density at radius 2 is 1.46 bits per heavy atom. The predicted molar refractivity (Wildman–Crippen MR) is 129 cm³/mol. The van der Waals surface area contributed by atoms with Gasteiger partial charge in [-0.25, -0.2) is 9.18 Å². The van der Waals surface area contributed by atoms with Gasteiger partial charge in [-0.15, -0.1) is 0 Å². The lowest BCUT2D eigenvalue weighted by Gasteiger charge is -2.43. The number of nitrogens with zero attached hydrogens (tertiary/aromatic N) is 2. The topological polar surface area (TPSA) is 79.0 Å². The number of fused-ring (bicyclic) bond motifs is 2. The minimum Gasteiger partial charge on any atom is -0.448 e. The first-order valence-corrected chi connectivity index (χ1v) is 12.9. The van der Waals surface area contributed by atoms with Crippen molar-refractivity contribution in [1.82, 2.24) is 9.80 Å². The molecular formula is C27H36FN3O4. The molecule has 2 atom stereocenters. The quantitative estimate of drug-likeness (QED) is 0.643. The molecule has 3 amide bonds. The van der Waals surface area contributed by atoms with Gasteiger partial charge in [0.1, 0.15) is 5.82 Å². The molecule has 0 aromatic heterocycles. The molecule has 5 rings (SSSR count). The van der Waals surface area contributed by atoms with Gasteiger partial charge >= 0.3 is 12.0 Å². The van der Waals surface area contributed by atoms with E-state index in [9.17, 15) is 18.8 Å². The molecule has 3 aliphatic heterocycles. The van der Waals surface area contributed by atoms with E-state index in [-0.39, 0.29) is 23.7 Å². The molecular weight excluding hydrogens is 449 g/mol. The van der Waals surface area contributed by atoms with E-state index in [2.05, 4.69) is 5.32 Å². The van der Waals surface area contributed by atoms with Crippen LogP contribution in [0.15, 0.2) is 24.3 Å². The number of hydrogen-bond acceptors (Lipinski definition) is 4. The first-order chi connectivity index (χ1) is 16.6. The van der Waals surface area contributed by atoms with Crippen LogP contribution in [0.2, 0.25) is 0 Å². The van der Waals surface area contributed by atoms with E-state index < -0.39 is 16.4 Å². The zero-order valence-electron chi connectivity index (χ0n) is 20.9. The molecule has 2 unspecified atom stereocenters. The van der Waals surface area contributed by atoms with Crippen molar-refractivity contribution in [2.45, 2.75) is 64.9 Å². The van der Waals surface area contributed by atoms with E-state index in [1.807, 2.05) is 30.6 Å². The molecule has 3 heterocycles. The Morgan fingerprint density at radius 1 is 0.914 bits per heavy atom. The van der Waals surface area contributed by atoms with Crippen LogP contribution in [-0.4, -0.2) is 59.5 Å². The van der Waals surface area contributed by atoms with Crippen LogP contribution in [-0.2, 0) is 14.3 Å². The van der Waals surface area contributed by atoms with Crippen molar-refractivity contribution < 1.29 is 23.5 Å². The number of ether oxygens (including phenoxy) is 1. The van der Waals surface area contributed by atoms with E-state index in [4.69, 9.17) is 4.74 Å². The highest BCUT2D eigenvalue weighted by Crippen LogP contribution is 2.66. The summed E-state index contributed by atoms with van der Waals surface area (Å²) in [5, 5.41) is 2.84. The van der Waals surface area contributed by atoms with Gasteiger partial charge in [-0.3, -0.25) is 9.59 Å². The molecule has 4 fully saturated rings. The number of urea groups is 1. The SMILES string of the molecule is CC12CCC(C(=O)N3CCC(C4CCN(C(=O)Nc5ccc(F)cc5)CC4)CC3)(OC1=O)C2(C)C. The number of esters is 1. The Hall–Kier alpha value is -2.64. The average Bonchev–Trinajstić information content (AvgIpc) is 3.15. The first-order valence-electron chi connectivity index (χ1n) is 12.9. The summed E-state index contributed by atoms with van der Waals surface area (Å²) in [5.41, 5.74) is -1.52. The number of nitrogens with one attached hydrogen (secondary N) is 1. The molecule has 0 spiro atoms. The fraction of sp³-hybridized carbons (Fsp3) is 0.667. The smallest absolute Gasteiger partial charge is 0.321 e. The van der Waals surface area contributed by atoms with Crippen LogP contribution in [0.1, 0.15) is 59.3 Å². The minimum absolute atomic E-state index is 0.0113. The second-order valence-corrected chi connectivity index (χ2v) is 11.6. The third-order valence-corrected chi connectivity index (χ3v) is 9.84. The second kappa shape index (κ2) is 8.49. The Balaban J connectivity index is 1.12. The number of anilines is 1. The van der Waals surface area contributed by atoms with Crippen molar-refractivity contribution >= 4 is 23.6 Å². The van der Waals surface area contributed by atoms with Crippen molar-refractivity contribution in [3.05, 3.63) is 30.1 Å². The summed E-state index contributed by atoms with van der Waals surface area (Å²) in [5.74, 6) is 0.503. The van der Waals surface area contributed by atoms with Crippen LogP contribution < -0.4 is 5.32 Å². The van der Waals surface area contributed by atoms with E-state index in [1.54, 1.807) is 12.1 Å². The largest absolute Gasteiger partial charge is 0.448 e. The fourth-order valence-electron chi connectivity index (χ4n) is 6.86. The lowest BCUT2D eigenvalue weighted by molar-refractivity contribution is -0.175. The summed E-state index contributed by atoms with van der Waals surface area (Å²) < 4.78 is 18.9. The van der Waals surface area contributed by atoms with Crippen LogP contribution in [0.25, 0.3) is 0 Å². The molecule has 8 heteroatoms. The number of amides is 3. The van der Waals surface area contributed by atoms with Crippen LogP contribution in [0, 0.1) is 28.5 Å². The second-order valence-electron chi connectivity index (χ2n) is 11.6. The number of likely N-dealkylation sites (tertiary alicyclic amines) is 2. The highest BCUT2D eigenvalue weighted by Gasteiger charge is 2.76. The van der Waals surface area contributed by atoms with Gasteiger partial charge in [-0.2, -0.15) is 0 Å². The number of benzene rings is 1. The summed E-state index contributed by atoms with van der Waals surface area (Å²) in [6, 6.07) is 5.65. The molecule has 1 aromatic rings. The monoisotopic (exact) mass is 485 g/mol. The molecule has 1 aliphatic carbocycles. The zero-order valence-corrected chi connectivity index (χ0v) is 20.9. The summed E-state index contributed by atoms with van der Waals surface area (Å²) >= 11 is 0. The standard InChI is InChI=1S/C27H36FN3O4/c1-25(2)26(3)12-13-27(25,35-23(26)33)22(32)30-14-8-18(9-15-30)19-10-16-31(17-11-19)24(34)29-21-6-4-20(28)5-7-21/h4-7,18-19H,8-17H2,1-3H3,(H,29,34). The normalized spacial score (nSPS) is 30.9. The van der Waals surface area contributed by atoms with Gasteiger partial charge in [0, 0.05) is 37.3 Å². The van der Waals surface area contributed by atoms with Gasteiger partial charge in [-0.05, 0) is 81.5 Å². The summed E-state index contributed by atoms with van der Waals surface area (Å²) in [6.07, 6.45) is 5.10. The van der Waals surface area contributed by atoms with Crippen molar-refractivity contribution in [1.29, 1.82) is 0 Å². The van der Waals surface area contributed by atoms with Crippen molar-refractivity contribution in [3.8, 4) is 0 Å². The molecule has 3 saturated heterocycles. The number of halogens is 1. The lowest BCUT2D eigenvalue weighted by atomic mass is 9.66. The van der Waals surface area contributed by atoms with Gasteiger partial charge in [0.2, 0.25) is 0 Å². The van der Waals surface area contributed by atoms with E-state index in [1.165, 1.54) is 12.1 Å². The Labute approximate surface area is 206 Å². The molecule has 4 aliphatic rings. The summed E-state index contributed by atoms with van der Waals surface area (Å²) in [7, 11) is 0. The number of hydrogen-bond donors (Lipinski definition) is 1. The van der Waals surface area contributed by atoms with Crippen LogP contribution in [0.3, 0.4) is 0 Å². The summed E-state index contributed by atoms with van der Waals surface area (Å²) in [6.45, 7) is 8.74. The van der Waals surface area contributed by atoms with Gasteiger partial charge in [0.05, 0.1) is 5.41 Å². The molecule has 190 valence electrons. The van der Waals surface area contributed by atoms with E-state index in [0.29, 0.717) is 56.5 Å². The van der Waals surface area contributed by atoms with Crippen molar-refractivity contribution in [2.24, 2.45) is 22.7 Å². The number of carbonyl (C=O) groups is 3. The molecule has 0 radical (unpaired) electrons. The Kier molecular flexibility index (Phi) is 5.84. The Bertz CT molecular complexity index is 1010. The van der Waals surface area contributed by atoms with Crippen molar-refractivity contribution in [3.63, 3.8) is 0 Å². The molecule has 7 nitrogen and oxygen atoms in total. The third kappa shape index (κ3) is 3.71. The molecule has 1 saturated carbocycles. The molecule has 1 N–H and O–H groups in total. The highest BCUT2D eigenvalue weighted by molar-refractivity contribution is 5.96. The van der Waals surface area contributed by atoms with Gasteiger partial charge in [0.15, 0.2) is 5.60 Å². The highest BCUT2D eigenvalue weighted by atomic mass is 19.1. The number of carbonyl (C=O) groups excluding carboxylic acids is 3. The lowest BCUT2D eigenvalue weighted by Crippen LogP contribution is -2.56. The van der Waals surface area contributed by atoms with Gasteiger partial charge in [-0.1, -0.05) is 13.8 Å². The summed E-state index contributed by atoms with van der Waals surface area (Å²) in [4.78, 5) is 42.5. The maximum Gasteiger partial charge on any atom is 0.321 e. The van der Waals surface area contributed by atoms with Crippen molar-refractivity contribution in [2.75, 3.05) is 31.5 Å². The molecule has 1 aromatic carbocycles. The van der Waals surface area contributed by atoms with E-state index >= 15 is 0 Å². The predicted octanol–water partition coefficient (Wildman–Crippen LogP) is 4.43. The van der Waals surface area contributed by atoms with Crippen LogP contribution >= 0.6 is 0 Å².